The van der Waals surface area contributed by atoms with Crippen molar-refractivity contribution in [3.63, 3.8) is 0 Å². The number of imidazole rings is 1. The summed E-state index contributed by atoms with van der Waals surface area (Å²) in [5.74, 6) is 0.0290. The van der Waals surface area contributed by atoms with Crippen molar-refractivity contribution in [3.8, 4) is 0 Å². The van der Waals surface area contributed by atoms with E-state index in [0.717, 1.165) is 30.3 Å². The Hall–Kier alpha value is -2.08. The van der Waals surface area contributed by atoms with Gasteiger partial charge >= 0.3 is 5.69 Å². The summed E-state index contributed by atoms with van der Waals surface area (Å²) in [4.78, 5) is 27.7. The lowest BCUT2D eigenvalue weighted by molar-refractivity contribution is -0.150. The van der Waals surface area contributed by atoms with Crippen LogP contribution in [0.15, 0.2) is 29.1 Å². The number of para-hydroxylation sites is 2. The van der Waals surface area contributed by atoms with Crippen molar-refractivity contribution < 1.29 is 9.53 Å². The minimum atomic E-state index is -0.106. The van der Waals surface area contributed by atoms with Crippen LogP contribution >= 0.6 is 0 Å². The maximum Gasteiger partial charge on any atom is 0.329 e. The van der Waals surface area contributed by atoms with Gasteiger partial charge in [-0.3, -0.25) is 13.9 Å². The molecule has 0 radical (unpaired) electrons. The van der Waals surface area contributed by atoms with Crippen LogP contribution in [0.4, 0.5) is 0 Å². The number of rotatable bonds is 3. The Morgan fingerprint density at radius 1 is 1.16 bits per heavy atom. The molecular weight excluding hydrogens is 318 g/mol. The number of fused-ring (bicyclic) bond motifs is 2. The van der Waals surface area contributed by atoms with Gasteiger partial charge < -0.3 is 9.64 Å². The predicted molar refractivity (Wildman–Crippen MR) is 95.6 cm³/mol. The van der Waals surface area contributed by atoms with Gasteiger partial charge in [-0.1, -0.05) is 25.0 Å². The largest absolute Gasteiger partial charge is 0.374 e. The van der Waals surface area contributed by atoms with Gasteiger partial charge in [-0.05, 0) is 31.9 Å². The Balaban J connectivity index is 1.64. The molecule has 0 spiro atoms. The van der Waals surface area contributed by atoms with Crippen molar-refractivity contribution in [2.24, 2.45) is 0 Å². The number of carbonyl (C=O) groups excluding carboxylic acids is 1. The van der Waals surface area contributed by atoms with E-state index < -0.39 is 0 Å². The quantitative estimate of drug-likeness (QED) is 0.856. The van der Waals surface area contributed by atoms with Crippen molar-refractivity contribution in [1.82, 2.24) is 14.0 Å². The summed E-state index contributed by atoms with van der Waals surface area (Å²) in [5.41, 5.74) is 1.61. The molecule has 1 aromatic carbocycles. The van der Waals surface area contributed by atoms with E-state index in [1.807, 2.05) is 36.1 Å². The zero-order chi connectivity index (χ0) is 17.4. The lowest BCUT2D eigenvalue weighted by Crippen LogP contribution is -2.55. The van der Waals surface area contributed by atoms with Crippen molar-refractivity contribution in [2.75, 3.05) is 13.2 Å². The molecule has 0 unspecified atom stereocenters. The molecule has 1 aliphatic carbocycles. The van der Waals surface area contributed by atoms with Crippen LogP contribution in [0.25, 0.3) is 11.0 Å². The maximum absolute atomic E-state index is 13.0. The number of aryl methyl sites for hydroxylation is 1. The highest BCUT2D eigenvalue weighted by Gasteiger charge is 2.36. The molecule has 2 aliphatic rings. The fourth-order valence-electron chi connectivity index (χ4n) is 4.36. The third-order valence-corrected chi connectivity index (χ3v) is 5.59. The van der Waals surface area contributed by atoms with E-state index in [-0.39, 0.29) is 30.3 Å². The number of nitrogens with zero attached hydrogens (tertiary/aromatic N) is 3. The van der Waals surface area contributed by atoms with E-state index in [4.69, 9.17) is 4.74 Å². The molecule has 4 rings (SSSR count). The van der Waals surface area contributed by atoms with Crippen molar-refractivity contribution in [1.29, 1.82) is 0 Å². The zero-order valence-corrected chi connectivity index (χ0v) is 14.7. The zero-order valence-electron chi connectivity index (χ0n) is 14.7. The highest BCUT2D eigenvalue weighted by atomic mass is 16.5. The van der Waals surface area contributed by atoms with Crippen LogP contribution in [0.1, 0.15) is 32.6 Å². The van der Waals surface area contributed by atoms with Crippen molar-refractivity contribution in [3.05, 3.63) is 34.7 Å². The van der Waals surface area contributed by atoms with Crippen LogP contribution in [0.2, 0.25) is 0 Å². The fraction of sp³-hybridized carbons (Fsp3) is 0.579. The van der Waals surface area contributed by atoms with Gasteiger partial charge in [0.25, 0.3) is 0 Å². The van der Waals surface area contributed by atoms with Gasteiger partial charge in [0.15, 0.2) is 0 Å². The monoisotopic (exact) mass is 343 g/mol. The first-order valence-corrected chi connectivity index (χ1v) is 9.30. The fourth-order valence-corrected chi connectivity index (χ4v) is 4.36. The van der Waals surface area contributed by atoms with Gasteiger partial charge in [0.2, 0.25) is 5.91 Å². The third kappa shape index (κ3) is 2.78. The minimum Gasteiger partial charge on any atom is -0.374 e. The van der Waals surface area contributed by atoms with Crippen molar-refractivity contribution >= 4 is 16.9 Å². The summed E-state index contributed by atoms with van der Waals surface area (Å²) < 4.78 is 9.21. The summed E-state index contributed by atoms with van der Waals surface area (Å²) in [5, 5.41) is 0. The highest BCUT2D eigenvalue weighted by Crippen LogP contribution is 2.28. The topological polar surface area (TPSA) is 56.5 Å². The number of amides is 1. The van der Waals surface area contributed by atoms with E-state index in [1.54, 1.807) is 9.13 Å². The molecule has 2 fully saturated rings. The van der Waals surface area contributed by atoms with Crippen LogP contribution < -0.4 is 5.69 Å². The standard InChI is InChI=1S/C19H25N3O3/c1-2-20-14-7-3-4-8-15(14)22(19(20)24)13-18(23)21-11-12-25-17-10-6-5-9-16(17)21/h3-4,7-8,16-17H,2,5-6,9-13H2,1H3/t16-,17+/m0/s1. The Labute approximate surface area is 147 Å². The first-order chi connectivity index (χ1) is 12.2. The smallest absolute Gasteiger partial charge is 0.329 e. The average molecular weight is 343 g/mol. The Kier molecular flexibility index (Phi) is 4.37. The van der Waals surface area contributed by atoms with Crippen LogP contribution in [0.5, 0.6) is 0 Å². The van der Waals surface area contributed by atoms with Crippen molar-refractivity contribution in [2.45, 2.75) is 57.8 Å². The van der Waals surface area contributed by atoms with Crippen LogP contribution in [0, 0.1) is 0 Å². The SMILES string of the molecule is CCn1c(=O)n(CC(=O)N2CCO[C@@H]3CCCC[C@@H]32)c2ccccc21. The van der Waals surface area contributed by atoms with E-state index in [1.165, 1.54) is 6.42 Å². The van der Waals surface area contributed by atoms with E-state index in [9.17, 15) is 9.59 Å². The van der Waals surface area contributed by atoms with Crippen LogP contribution in [0.3, 0.4) is 0 Å². The predicted octanol–water partition coefficient (Wildman–Crippen LogP) is 1.99. The number of carbonyl (C=O) groups is 1. The van der Waals surface area contributed by atoms with Crippen LogP contribution in [-0.2, 0) is 22.6 Å². The summed E-state index contributed by atoms with van der Waals surface area (Å²) in [7, 11) is 0. The molecule has 6 heteroatoms. The van der Waals surface area contributed by atoms with Gasteiger partial charge in [-0.2, -0.15) is 0 Å². The maximum atomic E-state index is 13.0. The molecule has 1 aliphatic heterocycles. The molecular formula is C19H25N3O3. The van der Waals surface area contributed by atoms with Gasteiger partial charge in [-0.25, -0.2) is 4.79 Å². The molecule has 2 heterocycles. The number of morpholine rings is 1. The third-order valence-electron chi connectivity index (χ3n) is 5.59. The summed E-state index contributed by atoms with van der Waals surface area (Å²) in [6.45, 7) is 3.88. The van der Waals surface area contributed by atoms with Gasteiger partial charge in [0.1, 0.15) is 6.54 Å². The number of aromatic nitrogens is 2. The second-order valence-corrected chi connectivity index (χ2v) is 6.95. The minimum absolute atomic E-state index is 0.0290. The molecule has 6 nitrogen and oxygen atoms in total. The number of ether oxygens (including phenoxy) is 1. The molecule has 2 aromatic rings. The molecule has 1 saturated heterocycles. The molecule has 2 atom stereocenters. The van der Waals surface area contributed by atoms with Crippen LogP contribution in [-0.4, -0.2) is 45.2 Å². The van der Waals surface area contributed by atoms with E-state index >= 15 is 0 Å². The molecule has 25 heavy (non-hydrogen) atoms. The first kappa shape index (κ1) is 16.4. The molecule has 0 N–H and O–H groups in total. The molecule has 134 valence electrons. The van der Waals surface area contributed by atoms with E-state index in [0.29, 0.717) is 19.7 Å². The summed E-state index contributed by atoms with van der Waals surface area (Å²) >= 11 is 0. The molecule has 1 saturated carbocycles. The highest BCUT2D eigenvalue weighted by molar-refractivity contribution is 5.81. The number of benzene rings is 1. The Morgan fingerprint density at radius 2 is 1.88 bits per heavy atom. The second kappa shape index (κ2) is 6.67. The van der Waals surface area contributed by atoms with Gasteiger partial charge in [-0.15, -0.1) is 0 Å². The first-order valence-electron chi connectivity index (χ1n) is 9.30. The molecule has 1 aromatic heterocycles. The van der Waals surface area contributed by atoms with Gasteiger partial charge in [0.05, 0.1) is 29.8 Å². The lowest BCUT2D eigenvalue weighted by atomic mass is 9.90. The molecule has 0 bridgehead atoms. The summed E-state index contributed by atoms with van der Waals surface area (Å²) in [6, 6.07) is 7.86. The number of hydrogen-bond acceptors (Lipinski definition) is 3. The second-order valence-electron chi connectivity index (χ2n) is 6.95. The average Bonchev–Trinajstić information content (AvgIpc) is 2.92. The molecule has 1 amide bonds. The van der Waals surface area contributed by atoms with Gasteiger partial charge in [0, 0.05) is 13.1 Å². The lowest BCUT2D eigenvalue weighted by Gasteiger charge is -2.43. The normalized spacial score (nSPS) is 23.6. The summed E-state index contributed by atoms with van der Waals surface area (Å²) in [6.07, 6.45) is 4.52. The Morgan fingerprint density at radius 3 is 2.64 bits per heavy atom. The number of hydrogen-bond donors (Lipinski definition) is 0. The van der Waals surface area contributed by atoms with E-state index in [2.05, 4.69) is 0 Å². The Bertz CT molecular complexity index is 836.